The van der Waals surface area contributed by atoms with Gasteiger partial charge in [0.25, 0.3) is 0 Å². The van der Waals surface area contributed by atoms with Gasteiger partial charge in [0, 0.05) is 32.2 Å². The number of carbonyl (C=O) groups excluding carboxylic acids is 1. The molecule has 132 valence electrons. The topological polar surface area (TPSA) is 38.8 Å². The Labute approximate surface area is 145 Å². The highest BCUT2D eigenvalue weighted by molar-refractivity contribution is 5.76. The highest BCUT2D eigenvalue weighted by Crippen LogP contribution is 2.31. The maximum atomic E-state index is 12.4. The summed E-state index contributed by atoms with van der Waals surface area (Å²) < 4.78 is 11.1. The second kappa shape index (κ2) is 8.13. The van der Waals surface area contributed by atoms with Crippen molar-refractivity contribution >= 4 is 5.97 Å². The summed E-state index contributed by atoms with van der Waals surface area (Å²) in [5.74, 6) is 0.417. The highest BCUT2D eigenvalue weighted by atomic mass is 16.5. The lowest BCUT2D eigenvalue weighted by atomic mass is 9.82. The van der Waals surface area contributed by atoms with Crippen molar-refractivity contribution in [3.8, 4) is 0 Å². The molecule has 0 saturated carbocycles. The van der Waals surface area contributed by atoms with Crippen molar-refractivity contribution in [2.45, 2.75) is 39.2 Å². The van der Waals surface area contributed by atoms with Gasteiger partial charge in [-0.3, -0.25) is 9.69 Å². The van der Waals surface area contributed by atoms with Crippen LogP contribution in [-0.4, -0.2) is 43.8 Å². The lowest BCUT2D eigenvalue weighted by Crippen LogP contribution is -2.40. The average molecular weight is 331 g/mol. The van der Waals surface area contributed by atoms with Crippen molar-refractivity contribution in [1.29, 1.82) is 0 Å². The zero-order valence-corrected chi connectivity index (χ0v) is 14.7. The third kappa shape index (κ3) is 4.58. The molecular formula is C20H29NO3. The molecule has 2 fully saturated rings. The molecule has 0 aromatic heterocycles. The van der Waals surface area contributed by atoms with Gasteiger partial charge in [0.1, 0.15) is 0 Å². The van der Waals surface area contributed by atoms with Crippen LogP contribution in [0.15, 0.2) is 30.3 Å². The number of carbonyl (C=O) groups is 1. The fourth-order valence-electron chi connectivity index (χ4n) is 3.67. The standard InChI is InChI=1S/C20H29NO3/c1-20(9-12-23-13-10-20)19(22)24-16-18-8-5-11-21(15-18)14-17-6-3-2-4-7-17/h2-4,6-7,18H,5,8-16H2,1H3. The molecule has 1 atom stereocenters. The Kier molecular flexibility index (Phi) is 5.90. The molecule has 24 heavy (non-hydrogen) atoms. The monoisotopic (exact) mass is 331 g/mol. The fourth-order valence-corrected chi connectivity index (χ4v) is 3.67. The van der Waals surface area contributed by atoms with Crippen molar-refractivity contribution < 1.29 is 14.3 Å². The molecule has 4 nitrogen and oxygen atoms in total. The van der Waals surface area contributed by atoms with E-state index in [0.717, 1.165) is 38.9 Å². The van der Waals surface area contributed by atoms with Crippen molar-refractivity contribution in [3.05, 3.63) is 35.9 Å². The van der Waals surface area contributed by atoms with Crippen LogP contribution in [-0.2, 0) is 20.8 Å². The van der Waals surface area contributed by atoms with Crippen LogP contribution in [0.1, 0.15) is 38.2 Å². The molecule has 0 spiro atoms. The van der Waals surface area contributed by atoms with Gasteiger partial charge in [-0.15, -0.1) is 0 Å². The SMILES string of the molecule is CC1(C(=O)OCC2CCCN(Cc3ccccc3)C2)CCOCC1. The van der Waals surface area contributed by atoms with E-state index in [2.05, 4.69) is 35.2 Å². The number of likely N-dealkylation sites (tertiary alicyclic amines) is 1. The van der Waals surface area contributed by atoms with Crippen LogP contribution >= 0.6 is 0 Å². The molecule has 1 aromatic carbocycles. The normalized spacial score (nSPS) is 24.5. The van der Waals surface area contributed by atoms with Crippen molar-refractivity contribution in [3.63, 3.8) is 0 Å². The Morgan fingerprint density at radius 3 is 2.79 bits per heavy atom. The van der Waals surface area contributed by atoms with Gasteiger partial charge in [-0.05, 0) is 44.7 Å². The van der Waals surface area contributed by atoms with Gasteiger partial charge in [-0.25, -0.2) is 0 Å². The smallest absolute Gasteiger partial charge is 0.311 e. The van der Waals surface area contributed by atoms with E-state index < -0.39 is 0 Å². The number of hydrogen-bond donors (Lipinski definition) is 0. The van der Waals surface area contributed by atoms with Crippen LogP contribution in [0, 0.1) is 11.3 Å². The first kappa shape index (κ1) is 17.4. The number of ether oxygens (including phenoxy) is 2. The van der Waals surface area contributed by atoms with Crippen LogP contribution in [0.4, 0.5) is 0 Å². The van der Waals surface area contributed by atoms with E-state index in [-0.39, 0.29) is 11.4 Å². The van der Waals surface area contributed by atoms with Gasteiger partial charge in [-0.2, -0.15) is 0 Å². The number of nitrogens with zero attached hydrogens (tertiary/aromatic N) is 1. The molecule has 0 N–H and O–H groups in total. The Bertz CT molecular complexity index is 525. The van der Waals surface area contributed by atoms with Crippen LogP contribution in [0.2, 0.25) is 0 Å². The molecule has 2 aliphatic heterocycles. The van der Waals surface area contributed by atoms with Crippen molar-refractivity contribution in [1.82, 2.24) is 4.90 Å². The molecule has 3 rings (SSSR count). The van der Waals surface area contributed by atoms with Gasteiger partial charge in [0.05, 0.1) is 12.0 Å². The van der Waals surface area contributed by atoms with Crippen LogP contribution in [0.3, 0.4) is 0 Å². The maximum absolute atomic E-state index is 12.4. The average Bonchev–Trinajstić information content (AvgIpc) is 2.61. The number of esters is 1. The first-order valence-electron chi connectivity index (χ1n) is 9.17. The number of benzene rings is 1. The molecule has 0 amide bonds. The molecular weight excluding hydrogens is 302 g/mol. The molecule has 0 radical (unpaired) electrons. The summed E-state index contributed by atoms with van der Waals surface area (Å²) in [5, 5.41) is 0. The van der Waals surface area contributed by atoms with Gasteiger partial charge in [0.15, 0.2) is 0 Å². The van der Waals surface area contributed by atoms with Crippen molar-refractivity contribution in [2.24, 2.45) is 11.3 Å². The highest BCUT2D eigenvalue weighted by Gasteiger charge is 2.37. The minimum absolute atomic E-state index is 0.0361. The molecule has 2 heterocycles. The first-order chi connectivity index (χ1) is 11.7. The zero-order valence-electron chi connectivity index (χ0n) is 14.7. The third-order valence-corrected chi connectivity index (χ3v) is 5.39. The first-order valence-corrected chi connectivity index (χ1v) is 9.17. The van der Waals surface area contributed by atoms with Crippen molar-refractivity contribution in [2.75, 3.05) is 32.9 Å². The van der Waals surface area contributed by atoms with E-state index >= 15 is 0 Å². The second-order valence-corrected chi connectivity index (χ2v) is 7.50. The van der Waals surface area contributed by atoms with Gasteiger partial charge in [-0.1, -0.05) is 30.3 Å². The quantitative estimate of drug-likeness (QED) is 0.776. The summed E-state index contributed by atoms with van der Waals surface area (Å²) in [6.07, 6.45) is 3.88. The molecule has 2 saturated heterocycles. The van der Waals surface area contributed by atoms with E-state index in [1.165, 1.54) is 12.0 Å². The molecule has 0 bridgehead atoms. The van der Waals surface area contributed by atoms with Crippen LogP contribution in [0.25, 0.3) is 0 Å². The number of piperidine rings is 1. The second-order valence-electron chi connectivity index (χ2n) is 7.50. The van der Waals surface area contributed by atoms with E-state index in [1.807, 2.05) is 6.92 Å². The summed E-state index contributed by atoms with van der Waals surface area (Å²) in [6.45, 7) is 7.04. The summed E-state index contributed by atoms with van der Waals surface area (Å²) in [5.41, 5.74) is 1.00. The summed E-state index contributed by atoms with van der Waals surface area (Å²) in [4.78, 5) is 14.9. The zero-order chi connectivity index (χ0) is 16.8. The van der Waals surface area contributed by atoms with Gasteiger partial charge in [0.2, 0.25) is 0 Å². The van der Waals surface area contributed by atoms with Crippen LogP contribution < -0.4 is 0 Å². The van der Waals surface area contributed by atoms with E-state index in [1.54, 1.807) is 0 Å². The summed E-state index contributed by atoms with van der Waals surface area (Å²) in [6, 6.07) is 10.6. The Hall–Kier alpha value is -1.39. The number of hydrogen-bond acceptors (Lipinski definition) is 4. The summed E-state index contributed by atoms with van der Waals surface area (Å²) >= 11 is 0. The van der Waals surface area contributed by atoms with Gasteiger partial charge >= 0.3 is 5.97 Å². The predicted molar refractivity (Wildman–Crippen MR) is 93.6 cm³/mol. The third-order valence-electron chi connectivity index (χ3n) is 5.39. The van der Waals surface area contributed by atoms with E-state index in [4.69, 9.17) is 9.47 Å². The Balaban J connectivity index is 1.46. The Morgan fingerprint density at radius 1 is 1.29 bits per heavy atom. The molecule has 0 aliphatic carbocycles. The van der Waals surface area contributed by atoms with E-state index in [0.29, 0.717) is 25.7 Å². The predicted octanol–water partition coefficient (Wildman–Crippen LogP) is 3.26. The lowest BCUT2D eigenvalue weighted by Gasteiger charge is -2.34. The minimum Gasteiger partial charge on any atom is -0.465 e. The summed E-state index contributed by atoms with van der Waals surface area (Å²) in [7, 11) is 0. The molecule has 4 heteroatoms. The maximum Gasteiger partial charge on any atom is 0.311 e. The van der Waals surface area contributed by atoms with Gasteiger partial charge < -0.3 is 9.47 Å². The number of rotatable bonds is 5. The fraction of sp³-hybridized carbons (Fsp3) is 0.650. The minimum atomic E-state index is -0.351. The molecule has 1 unspecified atom stereocenters. The molecule has 1 aromatic rings. The Morgan fingerprint density at radius 2 is 2.04 bits per heavy atom. The van der Waals surface area contributed by atoms with Crippen LogP contribution in [0.5, 0.6) is 0 Å². The lowest BCUT2D eigenvalue weighted by molar-refractivity contribution is -0.162. The largest absolute Gasteiger partial charge is 0.465 e. The van der Waals surface area contributed by atoms with E-state index in [9.17, 15) is 4.79 Å². The molecule has 2 aliphatic rings.